The van der Waals surface area contributed by atoms with Crippen LogP contribution in [0.2, 0.25) is 0 Å². The highest BCUT2D eigenvalue weighted by atomic mass is 16.6. The highest BCUT2D eigenvalue weighted by molar-refractivity contribution is 5.72. The fraction of sp³-hybridized carbons (Fsp3) is 0.556. The fourth-order valence-corrected chi connectivity index (χ4v) is 2.58. The monoisotopic (exact) mass is 350 g/mol. The van der Waals surface area contributed by atoms with E-state index in [1.807, 2.05) is 30.3 Å². The van der Waals surface area contributed by atoms with Gasteiger partial charge < -0.3 is 14.6 Å². The van der Waals surface area contributed by atoms with Gasteiger partial charge in [0.15, 0.2) is 0 Å². The van der Waals surface area contributed by atoms with E-state index in [0.717, 1.165) is 5.56 Å². The molecule has 0 aromatic heterocycles. The largest absolute Gasteiger partial charge is 0.445 e. The summed E-state index contributed by atoms with van der Waals surface area (Å²) >= 11 is 0. The molecule has 0 spiro atoms. The number of hydrogen-bond acceptors (Lipinski definition) is 5. The molecule has 1 aromatic carbocycles. The van der Waals surface area contributed by atoms with E-state index >= 15 is 0 Å². The molecule has 7 heteroatoms. The summed E-state index contributed by atoms with van der Waals surface area (Å²) in [6, 6.07) is 9.10. The Hall–Kier alpha value is -2.28. The summed E-state index contributed by atoms with van der Waals surface area (Å²) in [5, 5.41) is 9.22. The van der Waals surface area contributed by atoms with Crippen LogP contribution in [0.5, 0.6) is 0 Å². The molecule has 1 heterocycles. The Morgan fingerprint density at radius 3 is 2.48 bits per heavy atom. The van der Waals surface area contributed by atoms with Crippen molar-refractivity contribution in [2.24, 2.45) is 0 Å². The number of hydrogen-bond donors (Lipinski definition) is 1. The summed E-state index contributed by atoms with van der Waals surface area (Å²) in [6.07, 6.45) is -0.607. The number of aliphatic hydroxyl groups is 1. The third-order valence-corrected chi connectivity index (χ3v) is 3.75. The quantitative estimate of drug-likeness (QED) is 0.903. The summed E-state index contributed by atoms with van der Waals surface area (Å²) in [4.78, 5) is 27.5. The highest BCUT2D eigenvalue weighted by Crippen LogP contribution is 2.21. The van der Waals surface area contributed by atoms with Crippen LogP contribution < -0.4 is 0 Å². The maximum atomic E-state index is 12.3. The number of carbonyl (C=O) groups excluding carboxylic acids is 2. The van der Waals surface area contributed by atoms with Crippen LogP contribution >= 0.6 is 0 Å². The molecule has 25 heavy (non-hydrogen) atoms. The predicted molar refractivity (Wildman–Crippen MR) is 91.8 cm³/mol. The molecule has 2 rings (SSSR count). The average molecular weight is 350 g/mol. The first-order chi connectivity index (χ1) is 11.8. The zero-order valence-corrected chi connectivity index (χ0v) is 15.0. The molecule has 0 unspecified atom stereocenters. The lowest BCUT2D eigenvalue weighted by molar-refractivity contribution is 0.0189. The Kier molecular flexibility index (Phi) is 6.25. The van der Waals surface area contributed by atoms with Gasteiger partial charge in [-0.15, -0.1) is 0 Å². The highest BCUT2D eigenvalue weighted by Gasteiger charge is 2.38. The molecule has 1 aromatic rings. The van der Waals surface area contributed by atoms with Crippen molar-refractivity contribution >= 4 is 12.2 Å². The zero-order chi connectivity index (χ0) is 18.4. The minimum Gasteiger partial charge on any atom is -0.445 e. The molecule has 1 aliphatic heterocycles. The van der Waals surface area contributed by atoms with Crippen LogP contribution in [0.25, 0.3) is 0 Å². The van der Waals surface area contributed by atoms with Crippen molar-refractivity contribution in [1.29, 1.82) is 0 Å². The van der Waals surface area contributed by atoms with Crippen LogP contribution in [-0.4, -0.2) is 58.6 Å². The van der Waals surface area contributed by atoms with E-state index < -0.39 is 17.8 Å². The van der Waals surface area contributed by atoms with Gasteiger partial charge in [-0.05, 0) is 32.8 Å². The maximum absolute atomic E-state index is 12.3. The lowest BCUT2D eigenvalue weighted by Gasteiger charge is -2.27. The van der Waals surface area contributed by atoms with E-state index in [1.54, 1.807) is 20.8 Å². The molecule has 0 radical (unpaired) electrons. The van der Waals surface area contributed by atoms with Gasteiger partial charge in [-0.3, -0.25) is 9.80 Å². The number of aliphatic hydroxyl groups excluding tert-OH is 1. The number of amides is 2. The van der Waals surface area contributed by atoms with Crippen molar-refractivity contribution in [3.8, 4) is 0 Å². The van der Waals surface area contributed by atoms with Gasteiger partial charge in [-0.2, -0.15) is 0 Å². The van der Waals surface area contributed by atoms with Crippen LogP contribution in [-0.2, 0) is 16.1 Å². The smallest absolute Gasteiger partial charge is 0.412 e. The molecule has 7 nitrogen and oxygen atoms in total. The molecule has 0 bridgehead atoms. The van der Waals surface area contributed by atoms with E-state index in [-0.39, 0.29) is 25.9 Å². The van der Waals surface area contributed by atoms with E-state index in [1.165, 1.54) is 9.80 Å². The molecule has 1 atom stereocenters. The number of rotatable bonds is 4. The average Bonchev–Trinajstić information content (AvgIpc) is 2.97. The SMILES string of the molecule is CC(C)(C)OC(=O)N1CN(C(=O)OCc2ccccc2)C[C@@H]1CCO. The summed E-state index contributed by atoms with van der Waals surface area (Å²) in [5.74, 6) is 0. The summed E-state index contributed by atoms with van der Waals surface area (Å²) in [6.45, 7) is 5.86. The first-order valence-corrected chi connectivity index (χ1v) is 8.36. The maximum Gasteiger partial charge on any atom is 0.412 e. The number of ether oxygens (including phenoxy) is 2. The second-order valence-electron chi connectivity index (χ2n) is 7.02. The van der Waals surface area contributed by atoms with Crippen molar-refractivity contribution < 1.29 is 24.2 Å². The van der Waals surface area contributed by atoms with E-state index in [9.17, 15) is 14.7 Å². The van der Waals surface area contributed by atoms with E-state index in [4.69, 9.17) is 9.47 Å². The Bertz CT molecular complexity index is 585. The van der Waals surface area contributed by atoms with E-state index in [0.29, 0.717) is 13.0 Å². The van der Waals surface area contributed by atoms with Gasteiger partial charge in [0.2, 0.25) is 0 Å². The molecule has 0 aliphatic carbocycles. The van der Waals surface area contributed by atoms with E-state index in [2.05, 4.69) is 0 Å². The zero-order valence-electron chi connectivity index (χ0n) is 15.0. The predicted octanol–water partition coefficient (Wildman–Crippen LogP) is 2.58. The van der Waals surface area contributed by atoms with Crippen molar-refractivity contribution in [3.63, 3.8) is 0 Å². The van der Waals surface area contributed by atoms with Crippen LogP contribution in [0.1, 0.15) is 32.8 Å². The second-order valence-corrected chi connectivity index (χ2v) is 7.02. The van der Waals surface area contributed by atoms with Crippen LogP contribution in [0.3, 0.4) is 0 Å². The van der Waals surface area contributed by atoms with Crippen molar-refractivity contribution in [2.45, 2.75) is 45.4 Å². The third kappa shape index (κ3) is 5.63. The summed E-state index contributed by atoms with van der Waals surface area (Å²) < 4.78 is 10.7. The minimum absolute atomic E-state index is 0.0726. The second kappa shape index (κ2) is 8.20. The van der Waals surface area contributed by atoms with Gasteiger partial charge in [-0.25, -0.2) is 9.59 Å². The Labute approximate surface area is 148 Å². The Balaban J connectivity index is 1.95. The first-order valence-electron chi connectivity index (χ1n) is 8.36. The third-order valence-electron chi connectivity index (χ3n) is 3.75. The van der Waals surface area contributed by atoms with Crippen molar-refractivity contribution in [3.05, 3.63) is 35.9 Å². The first kappa shape index (κ1) is 19.1. The fourth-order valence-electron chi connectivity index (χ4n) is 2.58. The number of carbonyl (C=O) groups is 2. The van der Waals surface area contributed by atoms with Gasteiger partial charge >= 0.3 is 12.2 Å². The Morgan fingerprint density at radius 2 is 1.88 bits per heavy atom. The minimum atomic E-state index is -0.623. The lowest BCUT2D eigenvalue weighted by atomic mass is 10.2. The molecular formula is C18H26N2O5. The molecule has 2 amide bonds. The molecular weight excluding hydrogens is 324 g/mol. The molecule has 0 saturated carbocycles. The van der Waals surface area contributed by atoms with Crippen LogP contribution in [0.15, 0.2) is 30.3 Å². The normalized spacial score (nSPS) is 17.5. The number of benzene rings is 1. The molecule has 1 N–H and O–H groups in total. The van der Waals surface area contributed by atoms with Gasteiger partial charge in [0, 0.05) is 13.2 Å². The van der Waals surface area contributed by atoms with Gasteiger partial charge in [0.05, 0.1) is 6.04 Å². The molecule has 1 aliphatic rings. The van der Waals surface area contributed by atoms with Gasteiger partial charge in [0.1, 0.15) is 18.9 Å². The van der Waals surface area contributed by atoms with Crippen LogP contribution in [0, 0.1) is 0 Å². The topological polar surface area (TPSA) is 79.3 Å². The molecule has 1 saturated heterocycles. The van der Waals surface area contributed by atoms with Crippen LogP contribution in [0.4, 0.5) is 9.59 Å². The summed E-state index contributed by atoms with van der Waals surface area (Å²) in [7, 11) is 0. The number of nitrogens with zero attached hydrogens (tertiary/aromatic N) is 2. The van der Waals surface area contributed by atoms with Crippen molar-refractivity contribution in [1.82, 2.24) is 9.80 Å². The molecule has 1 fully saturated rings. The standard InChI is InChI=1S/C18H26N2O5/c1-18(2,3)25-17(23)20-13-19(11-15(20)9-10-21)16(22)24-12-14-7-5-4-6-8-14/h4-8,15,21H,9-13H2,1-3H3/t15-/m0/s1. The van der Waals surface area contributed by atoms with Gasteiger partial charge in [0.25, 0.3) is 0 Å². The Morgan fingerprint density at radius 1 is 1.20 bits per heavy atom. The lowest BCUT2D eigenvalue weighted by Crippen LogP contribution is -2.41. The van der Waals surface area contributed by atoms with Crippen molar-refractivity contribution in [2.75, 3.05) is 19.8 Å². The summed E-state index contributed by atoms with van der Waals surface area (Å²) in [5.41, 5.74) is 0.271. The van der Waals surface area contributed by atoms with Gasteiger partial charge in [-0.1, -0.05) is 30.3 Å². The molecule has 138 valence electrons.